The van der Waals surface area contributed by atoms with E-state index in [0.717, 1.165) is 23.0 Å². The number of nitrogens with one attached hydrogen (secondary N) is 2. The Kier molecular flexibility index (Phi) is 8.60. The number of imide groups is 1. The lowest BCUT2D eigenvalue weighted by atomic mass is 10.1. The minimum Gasteiger partial charge on any atom is -0.444 e. The zero-order chi connectivity index (χ0) is 24.7. The average molecular weight is 489 g/mol. The topological polar surface area (TPSA) is 108 Å². The summed E-state index contributed by atoms with van der Waals surface area (Å²) in [7, 11) is 0. The van der Waals surface area contributed by atoms with Crippen molar-refractivity contribution >= 4 is 46.7 Å². The Morgan fingerprint density at radius 3 is 2.47 bits per heavy atom. The molecule has 0 atom stereocenters. The number of piperazine rings is 1. The van der Waals surface area contributed by atoms with E-state index >= 15 is 0 Å². The molecule has 4 amide bonds. The summed E-state index contributed by atoms with van der Waals surface area (Å²) in [5, 5.41) is 4.63. The monoisotopic (exact) mass is 488 g/mol. The molecule has 184 valence electrons. The highest BCUT2D eigenvalue weighted by atomic mass is 32.2. The summed E-state index contributed by atoms with van der Waals surface area (Å²) in [5.74, 6) is -0.258. The molecule has 9 nitrogen and oxygen atoms in total. The SMILES string of the molecule is CC(C)(C)OC(=O)NCCCCC(=O)N1CCN(c2ccccc2C=C2SC(=O)NC2=O)CC1. The molecule has 2 aliphatic rings. The van der Waals surface area contributed by atoms with E-state index in [2.05, 4.69) is 15.5 Å². The Bertz CT molecular complexity index is 964. The number of hydrogen-bond donors (Lipinski definition) is 2. The van der Waals surface area contributed by atoms with Gasteiger partial charge in [-0.1, -0.05) is 18.2 Å². The van der Waals surface area contributed by atoms with Crippen LogP contribution in [0.15, 0.2) is 29.2 Å². The summed E-state index contributed by atoms with van der Waals surface area (Å²) < 4.78 is 5.19. The quantitative estimate of drug-likeness (QED) is 0.448. The normalized spacial score (nSPS) is 17.7. The van der Waals surface area contributed by atoms with Gasteiger partial charge in [0.15, 0.2) is 0 Å². The van der Waals surface area contributed by atoms with E-state index in [1.54, 1.807) is 6.08 Å². The first-order chi connectivity index (χ1) is 16.1. The molecular weight excluding hydrogens is 456 g/mol. The van der Waals surface area contributed by atoms with Gasteiger partial charge in [-0.15, -0.1) is 0 Å². The number of nitrogens with zero attached hydrogens (tertiary/aromatic N) is 2. The fraction of sp³-hybridized carbons (Fsp3) is 0.500. The van der Waals surface area contributed by atoms with Crippen LogP contribution in [0.5, 0.6) is 0 Å². The zero-order valence-electron chi connectivity index (χ0n) is 19.9. The number of anilines is 1. The van der Waals surface area contributed by atoms with Gasteiger partial charge in [-0.25, -0.2) is 4.79 Å². The number of benzene rings is 1. The maximum atomic E-state index is 12.6. The van der Waals surface area contributed by atoms with E-state index < -0.39 is 11.7 Å². The van der Waals surface area contributed by atoms with Gasteiger partial charge in [-0.3, -0.25) is 19.7 Å². The number of carbonyl (C=O) groups is 4. The first-order valence-corrected chi connectivity index (χ1v) is 12.3. The Hall–Kier alpha value is -3.01. The van der Waals surface area contributed by atoms with Crippen LogP contribution >= 0.6 is 11.8 Å². The lowest BCUT2D eigenvalue weighted by molar-refractivity contribution is -0.131. The maximum absolute atomic E-state index is 12.6. The third kappa shape index (κ3) is 7.51. The fourth-order valence-corrected chi connectivity index (χ4v) is 4.39. The molecule has 2 heterocycles. The van der Waals surface area contributed by atoms with E-state index in [1.165, 1.54) is 0 Å². The highest BCUT2D eigenvalue weighted by Gasteiger charge is 2.26. The number of ether oxygens (including phenoxy) is 1. The zero-order valence-corrected chi connectivity index (χ0v) is 20.7. The lowest BCUT2D eigenvalue weighted by Gasteiger charge is -2.37. The largest absolute Gasteiger partial charge is 0.444 e. The molecule has 0 saturated carbocycles. The van der Waals surface area contributed by atoms with Crippen LogP contribution in [0.2, 0.25) is 0 Å². The summed E-state index contributed by atoms with van der Waals surface area (Å²) in [5.41, 5.74) is 1.32. The highest BCUT2D eigenvalue weighted by Crippen LogP contribution is 2.30. The summed E-state index contributed by atoms with van der Waals surface area (Å²) >= 11 is 0.903. The van der Waals surface area contributed by atoms with E-state index in [-0.39, 0.29) is 17.1 Å². The molecule has 1 aromatic rings. The van der Waals surface area contributed by atoms with Crippen molar-refractivity contribution < 1.29 is 23.9 Å². The number of para-hydroxylation sites is 1. The molecule has 34 heavy (non-hydrogen) atoms. The van der Waals surface area contributed by atoms with Crippen LogP contribution < -0.4 is 15.5 Å². The fourth-order valence-electron chi connectivity index (χ4n) is 3.72. The number of unbranched alkanes of at least 4 members (excludes halogenated alkanes) is 1. The predicted molar refractivity (Wildman–Crippen MR) is 132 cm³/mol. The van der Waals surface area contributed by atoms with E-state index in [4.69, 9.17) is 4.74 Å². The van der Waals surface area contributed by atoms with Gasteiger partial charge >= 0.3 is 6.09 Å². The minimum atomic E-state index is -0.525. The second-order valence-electron chi connectivity index (χ2n) is 9.16. The van der Waals surface area contributed by atoms with E-state index in [0.29, 0.717) is 56.9 Å². The van der Waals surface area contributed by atoms with Gasteiger partial charge in [0.25, 0.3) is 11.1 Å². The summed E-state index contributed by atoms with van der Waals surface area (Å²) in [6.45, 7) is 8.53. The Morgan fingerprint density at radius 1 is 1.12 bits per heavy atom. The maximum Gasteiger partial charge on any atom is 0.407 e. The molecule has 10 heteroatoms. The number of thioether (sulfide) groups is 1. The molecular formula is C24H32N4O5S. The van der Waals surface area contributed by atoms with Gasteiger partial charge in [0.1, 0.15) is 5.60 Å². The first kappa shape index (κ1) is 25.6. The van der Waals surface area contributed by atoms with Crippen LogP contribution in [0.1, 0.15) is 45.6 Å². The lowest BCUT2D eigenvalue weighted by Crippen LogP contribution is -2.49. The second-order valence-corrected chi connectivity index (χ2v) is 10.2. The third-order valence-electron chi connectivity index (χ3n) is 5.32. The molecule has 2 N–H and O–H groups in total. The van der Waals surface area contributed by atoms with Gasteiger partial charge in [0.05, 0.1) is 4.91 Å². The Balaban J connectivity index is 1.44. The van der Waals surface area contributed by atoms with Crippen LogP contribution in [-0.4, -0.2) is 66.4 Å². The van der Waals surface area contributed by atoms with Crippen molar-refractivity contribution in [2.45, 2.75) is 45.6 Å². The van der Waals surface area contributed by atoms with Crippen LogP contribution in [-0.2, 0) is 14.3 Å². The molecule has 0 unspecified atom stereocenters. The molecule has 0 aliphatic carbocycles. The van der Waals surface area contributed by atoms with Crippen molar-refractivity contribution in [3.63, 3.8) is 0 Å². The number of hydrogen-bond acceptors (Lipinski definition) is 7. The second kappa shape index (κ2) is 11.4. The van der Waals surface area contributed by atoms with Gasteiger partial charge in [-0.05, 0) is 63.1 Å². The summed E-state index contributed by atoms with van der Waals surface area (Å²) in [6, 6.07) is 7.74. The molecule has 2 aliphatic heterocycles. The van der Waals surface area contributed by atoms with Gasteiger partial charge < -0.3 is 19.9 Å². The highest BCUT2D eigenvalue weighted by molar-refractivity contribution is 8.18. The van der Waals surface area contributed by atoms with Crippen molar-refractivity contribution in [3.05, 3.63) is 34.7 Å². The minimum absolute atomic E-state index is 0.116. The van der Waals surface area contributed by atoms with Gasteiger partial charge in [-0.2, -0.15) is 0 Å². The standard InChI is InChI=1S/C24H32N4O5S/c1-24(2,3)33-22(31)25-11-7-6-10-20(29)28-14-12-27(13-15-28)18-9-5-4-8-17(18)16-19-21(30)26-23(32)34-19/h4-5,8-9,16H,6-7,10-15H2,1-3H3,(H,25,31)(H,26,30,32). The average Bonchev–Trinajstić information content (AvgIpc) is 3.09. The number of carbonyl (C=O) groups excluding carboxylic acids is 4. The van der Waals surface area contributed by atoms with E-state index in [1.807, 2.05) is 49.9 Å². The molecule has 2 saturated heterocycles. The van der Waals surface area contributed by atoms with E-state index in [9.17, 15) is 19.2 Å². The Morgan fingerprint density at radius 2 is 1.82 bits per heavy atom. The molecule has 0 spiro atoms. The third-order valence-corrected chi connectivity index (χ3v) is 6.13. The van der Waals surface area contributed by atoms with Crippen molar-refractivity contribution in [1.29, 1.82) is 0 Å². The van der Waals surface area contributed by atoms with Gasteiger partial charge in [0, 0.05) is 44.8 Å². The molecule has 1 aromatic carbocycles. The van der Waals surface area contributed by atoms with Crippen molar-refractivity contribution in [3.8, 4) is 0 Å². The number of rotatable bonds is 7. The molecule has 3 rings (SSSR count). The molecule has 0 aromatic heterocycles. The smallest absolute Gasteiger partial charge is 0.407 e. The van der Waals surface area contributed by atoms with Crippen molar-refractivity contribution in [2.24, 2.45) is 0 Å². The predicted octanol–water partition coefficient (Wildman–Crippen LogP) is 3.35. The van der Waals surface area contributed by atoms with Gasteiger partial charge in [0.2, 0.25) is 5.91 Å². The van der Waals surface area contributed by atoms with Crippen molar-refractivity contribution in [2.75, 3.05) is 37.6 Å². The number of alkyl carbamates (subject to hydrolysis) is 1. The van der Waals surface area contributed by atoms with Crippen molar-refractivity contribution in [1.82, 2.24) is 15.5 Å². The van der Waals surface area contributed by atoms with Crippen LogP contribution in [0.3, 0.4) is 0 Å². The molecule has 2 fully saturated rings. The molecule has 0 radical (unpaired) electrons. The summed E-state index contributed by atoms with van der Waals surface area (Å²) in [6.07, 6.45) is 3.15. The van der Waals surface area contributed by atoms with Crippen LogP contribution in [0.25, 0.3) is 6.08 Å². The van der Waals surface area contributed by atoms with Crippen LogP contribution in [0.4, 0.5) is 15.3 Å². The van der Waals surface area contributed by atoms with Crippen LogP contribution in [0, 0.1) is 0 Å². The number of amides is 4. The summed E-state index contributed by atoms with van der Waals surface area (Å²) in [4.78, 5) is 52.0. The molecule has 0 bridgehead atoms. The Labute approximate surface area is 204 Å². The first-order valence-electron chi connectivity index (χ1n) is 11.5.